The third-order valence-corrected chi connectivity index (χ3v) is 8.38. The highest BCUT2D eigenvalue weighted by Gasteiger charge is 2.29. The molecule has 0 aromatic heterocycles. The summed E-state index contributed by atoms with van der Waals surface area (Å²) in [6.07, 6.45) is -0.446. The van der Waals surface area contributed by atoms with E-state index in [1.54, 1.807) is 31.4 Å². The van der Waals surface area contributed by atoms with Crippen LogP contribution in [0.25, 0.3) is 0 Å². The summed E-state index contributed by atoms with van der Waals surface area (Å²) < 4.78 is 34.3. The van der Waals surface area contributed by atoms with Gasteiger partial charge in [0.05, 0.1) is 24.2 Å². The maximum Gasteiger partial charge on any atom is 0.240 e. The van der Waals surface area contributed by atoms with Crippen molar-refractivity contribution in [1.29, 1.82) is 0 Å². The molecule has 0 spiro atoms. The Bertz CT molecular complexity index is 1210. The number of hydrogen-bond donors (Lipinski definition) is 2. The van der Waals surface area contributed by atoms with E-state index in [0.29, 0.717) is 13.0 Å². The Balaban J connectivity index is 1.37. The number of nitrogens with zero attached hydrogens (tertiary/aromatic N) is 2. The Hall–Kier alpha value is -2.75. The molecular formula is C29H37N3O4S. The first-order valence-electron chi connectivity index (χ1n) is 12.7. The lowest BCUT2D eigenvalue weighted by molar-refractivity contribution is 0.0549. The van der Waals surface area contributed by atoms with Crippen molar-refractivity contribution in [3.05, 3.63) is 95.6 Å². The molecule has 0 radical (unpaired) electrons. The molecule has 1 aliphatic heterocycles. The van der Waals surface area contributed by atoms with Crippen LogP contribution in [0, 0.1) is 6.92 Å². The smallest absolute Gasteiger partial charge is 0.240 e. The minimum Gasteiger partial charge on any atom is -0.497 e. The van der Waals surface area contributed by atoms with Crippen molar-refractivity contribution in [1.82, 2.24) is 14.5 Å². The number of aliphatic hydroxyl groups excluding tert-OH is 1. The Kier molecular flexibility index (Phi) is 9.34. The molecule has 0 saturated carbocycles. The molecule has 198 valence electrons. The van der Waals surface area contributed by atoms with Crippen molar-refractivity contribution in [3.63, 3.8) is 0 Å². The second-order valence-electron chi connectivity index (χ2n) is 9.72. The van der Waals surface area contributed by atoms with E-state index in [-0.39, 0.29) is 4.90 Å². The average Bonchev–Trinajstić information content (AvgIpc) is 2.90. The number of methoxy groups -OCH3 is 1. The maximum atomic E-state index is 13.1. The predicted molar refractivity (Wildman–Crippen MR) is 146 cm³/mol. The Morgan fingerprint density at radius 1 is 0.865 bits per heavy atom. The summed E-state index contributed by atoms with van der Waals surface area (Å²) in [5.74, 6) is 0.852. The normalized spacial score (nSPS) is 16.8. The van der Waals surface area contributed by atoms with E-state index in [9.17, 15) is 13.5 Å². The van der Waals surface area contributed by atoms with E-state index in [1.807, 2.05) is 49.4 Å². The zero-order valence-corrected chi connectivity index (χ0v) is 22.4. The molecular weight excluding hydrogens is 486 g/mol. The molecule has 3 aromatic carbocycles. The van der Waals surface area contributed by atoms with Gasteiger partial charge in [0.2, 0.25) is 10.0 Å². The second-order valence-corrected chi connectivity index (χ2v) is 11.4. The van der Waals surface area contributed by atoms with Gasteiger partial charge in [-0.05, 0) is 48.7 Å². The van der Waals surface area contributed by atoms with Crippen molar-refractivity contribution in [3.8, 4) is 5.75 Å². The number of nitrogens with one attached hydrogen (secondary N) is 1. The molecule has 7 nitrogen and oxygen atoms in total. The first-order chi connectivity index (χ1) is 17.8. The van der Waals surface area contributed by atoms with Crippen LogP contribution in [0.1, 0.15) is 16.7 Å². The number of sulfonamides is 1. The van der Waals surface area contributed by atoms with Gasteiger partial charge < -0.3 is 9.84 Å². The summed E-state index contributed by atoms with van der Waals surface area (Å²) in [5, 5.41) is 11.2. The largest absolute Gasteiger partial charge is 0.497 e. The van der Waals surface area contributed by atoms with E-state index in [2.05, 4.69) is 26.7 Å². The molecule has 1 aliphatic rings. The molecule has 0 unspecified atom stereocenters. The number of piperazine rings is 1. The van der Waals surface area contributed by atoms with Crippen molar-refractivity contribution in [2.45, 2.75) is 36.9 Å². The topological polar surface area (TPSA) is 82.1 Å². The van der Waals surface area contributed by atoms with Gasteiger partial charge in [0, 0.05) is 39.3 Å². The van der Waals surface area contributed by atoms with E-state index in [0.717, 1.165) is 49.6 Å². The monoisotopic (exact) mass is 523 g/mol. The standard InChI is InChI=1S/C29H37N3O4S/c1-23-8-14-27(15-9-23)37(34,35)30-28(20-24-6-4-3-5-7-24)29(33)22-32-18-16-31(17-19-32)21-25-10-12-26(36-2)13-11-25/h3-15,28-30,33H,16-22H2,1-2H3/t28-,29+/m0/s1. The van der Waals surface area contributed by atoms with Crippen molar-refractivity contribution >= 4 is 10.0 Å². The van der Waals surface area contributed by atoms with Gasteiger partial charge in [0.1, 0.15) is 5.75 Å². The molecule has 2 N–H and O–H groups in total. The van der Waals surface area contributed by atoms with Crippen molar-refractivity contribution in [2.75, 3.05) is 39.8 Å². The highest BCUT2D eigenvalue weighted by molar-refractivity contribution is 7.89. The Labute approximate surface area is 220 Å². The molecule has 3 aromatic rings. The van der Waals surface area contributed by atoms with Crippen LogP contribution in [0.5, 0.6) is 5.75 Å². The predicted octanol–water partition coefficient (Wildman–Crippen LogP) is 3.07. The first-order valence-corrected chi connectivity index (χ1v) is 14.2. The number of rotatable bonds is 11. The number of benzene rings is 3. The number of β-amino-alcohol motifs (C(OH)–C–C–N with tert-alkyl or cyclic N) is 1. The molecule has 0 bridgehead atoms. The lowest BCUT2D eigenvalue weighted by Crippen LogP contribution is -2.53. The summed E-state index contributed by atoms with van der Waals surface area (Å²) in [6.45, 7) is 6.60. The molecule has 0 amide bonds. The van der Waals surface area contributed by atoms with Crippen molar-refractivity contribution in [2.24, 2.45) is 0 Å². The van der Waals surface area contributed by atoms with Gasteiger partial charge in [0.15, 0.2) is 0 Å². The molecule has 8 heteroatoms. The van der Waals surface area contributed by atoms with Gasteiger partial charge in [-0.15, -0.1) is 0 Å². The Morgan fingerprint density at radius 3 is 2.11 bits per heavy atom. The number of aliphatic hydroxyl groups is 1. The van der Waals surface area contributed by atoms with Crippen LogP contribution in [0.2, 0.25) is 0 Å². The van der Waals surface area contributed by atoms with Crippen LogP contribution < -0.4 is 9.46 Å². The summed E-state index contributed by atoms with van der Waals surface area (Å²) in [6, 6.07) is 23.9. The quantitative estimate of drug-likeness (QED) is 0.402. The molecule has 1 heterocycles. The zero-order valence-electron chi connectivity index (χ0n) is 21.6. The minimum atomic E-state index is -3.78. The number of aryl methyl sites for hydroxylation is 1. The van der Waals surface area contributed by atoms with Crippen LogP contribution in [-0.4, -0.2) is 75.3 Å². The van der Waals surface area contributed by atoms with E-state index < -0.39 is 22.2 Å². The molecule has 1 fully saturated rings. The average molecular weight is 524 g/mol. The van der Waals surface area contributed by atoms with Gasteiger partial charge in [-0.25, -0.2) is 13.1 Å². The van der Waals surface area contributed by atoms with Crippen LogP contribution >= 0.6 is 0 Å². The summed E-state index contributed by atoms with van der Waals surface area (Å²) in [7, 11) is -2.11. The summed E-state index contributed by atoms with van der Waals surface area (Å²) >= 11 is 0. The maximum absolute atomic E-state index is 13.1. The first kappa shape index (κ1) is 27.3. The lowest BCUT2D eigenvalue weighted by atomic mass is 10.0. The van der Waals surface area contributed by atoms with Crippen LogP contribution in [0.3, 0.4) is 0 Å². The minimum absolute atomic E-state index is 0.204. The fraction of sp³-hybridized carbons (Fsp3) is 0.379. The van der Waals surface area contributed by atoms with Crippen LogP contribution in [-0.2, 0) is 23.0 Å². The second kappa shape index (κ2) is 12.7. The van der Waals surface area contributed by atoms with E-state index in [1.165, 1.54) is 5.56 Å². The molecule has 2 atom stereocenters. The van der Waals surface area contributed by atoms with Crippen LogP contribution in [0.15, 0.2) is 83.8 Å². The molecule has 1 saturated heterocycles. The van der Waals surface area contributed by atoms with Gasteiger partial charge in [-0.2, -0.15) is 0 Å². The number of ether oxygens (including phenoxy) is 1. The third-order valence-electron chi connectivity index (χ3n) is 6.88. The SMILES string of the molecule is COc1ccc(CN2CCN(C[C@@H](O)[C@H](Cc3ccccc3)NS(=O)(=O)c3ccc(C)cc3)CC2)cc1. The fourth-order valence-electron chi connectivity index (χ4n) is 4.62. The van der Waals surface area contributed by atoms with E-state index >= 15 is 0 Å². The zero-order chi connectivity index (χ0) is 26.3. The van der Waals surface area contributed by atoms with Crippen LogP contribution in [0.4, 0.5) is 0 Å². The molecule has 0 aliphatic carbocycles. The van der Waals surface area contributed by atoms with Crippen molar-refractivity contribution < 1.29 is 18.3 Å². The highest BCUT2D eigenvalue weighted by atomic mass is 32.2. The number of hydrogen-bond acceptors (Lipinski definition) is 6. The molecule has 37 heavy (non-hydrogen) atoms. The summed E-state index contributed by atoms with van der Waals surface area (Å²) in [4.78, 5) is 4.81. The third kappa shape index (κ3) is 7.87. The van der Waals surface area contributed by atoms with Gasteiger partial charge in [-0.3, -0.25) is 9.80 Å². The molecule has 4 rings (SSSR count). The summed E-state index contributed by atoms with van der Waals surface area (Å²) in [5.41, 5.74) is 3.20. The lowest BCUT2D eigenvalue weighted by Gasteiger charge is -2.37. The Morgan fingerprint density at radius 2 is 1.49 bits per heavy atom. The highest BCUT2D eigenvalue weighted by Crippen LogP contribution is 2.17. The van der Waals surface area contributed by atoms with Gasteiger partial charge >= 0.3 is 0 Å². The van der Waals surface area contributed by atoms with E-state index in [4.69, 9.17) is 4.74 Å². The van der Waals surface area contributed by atoms with Gasteiger partial charge in [0.25, 0.3) is 0 Å². The fourth-order valence-corrected chi connectivity index (χ4v) is 5.89. The van der Waals surface area contributed by atoms with Gasteiger partial charge in [-0.1, -0.05) is 60.2 Å².